The van der Waals surface area contributed by atoms with Gasteiger partial charge in [-0.2, -0.15) is 4.98 Å². The highest BCUT2D eigenvalue weighted by Gasteiger charge is 2.18. The number of nitrogens with two attached hydrogens (primary N) is 1. The number of nitro benzene ring substituents is 1. The minimum absolute atomic E-state index is 0.0837. The maximum absolute atomic E-state index is 11.5. The van der Waals surface area contributed by atoms with Gasteiger partial charge >= 0.3 is 5.69 Å². The van der Waals surface area contributed by atoms with Gasteiger partial charge in [-0.3, -0.25) is 14.0 Å². The Morgan fingerprint density at radius 2 is 1.77 bits per heavy atom. The Hall–Kier alpha value is -3.72. The first-order valence-electron chi connectivity index (χ1n) is 9.47. The minimum Gasteiger partial charge on any atom is -0.487 e. The summed E-state index contributed by atoms with van der Waals surface area (Å²) in [5.74, 6) is 0.952. The summed E-state index contributed by atoms with van der Waals surface area (Å²) in [4.78, 5) is 19.8. The molecule has 0 aliphatic heterocycles. The average Bonchev–Trinajstić information content (AvgIpc) is 2.78. The zero-order chi connectivity index (χ0) is 22.0. The molecule has 156 valence electrons. The fourth-order valence-corrected chi connectivity index (χ4v) is 3.76. The molecule has 0 aliphatic carbocycles. The second-order valence-corrected chi connectivity index (χ2v) is 7.34. The van der Waals surface area contributed by atoms with Gasteiger partial charge in [0.25, 0.3) is 0 Å². The van der Waals surface area contributed by atoms with Crippen LogP contribution in [0.3, 0.4) is 0 Å². The number of nitrogens with zero attached hydrogens (tertiary/aromatic N) is 4. The van der Waals surface area contributed by atoms with E-state index in [0.717, 1.165) is 16.6 Å². The van der Waals surface area contributed by atoms with Gasteiger partial charge in [0, 0.05) is 11.5 Å². The van der Waals surface area contributed by atoms with E-state index in [1.807, 2.05) is 48.5 Å². The molecule has 3 aromatic carbocycles. The average molecular weight is 480 g/mol. The first-order chi connectivity index (χ1) is 15.0. The molecule has 2 N–H and O–H groups in total. The van der Waals surface area contributed by atoms with Crippen LogP contribution in [0.2, 0.25) is 0 Å². The summed E-state index contributed by atoms with van der Waals surface area (Å²) in [5, 5.41) is 12.2. The lowest BCUT2D eigenvalue weighted by Gasteiger charge is -2.18. The van der Waals surface area contributed by atoms with Crippen LogP contribution in [0.1, 0.15) is 6.92 Å². The highest BCUT2D eigenvalue weighted by Crippen LogP contribution is 2.37. The molecular weight excluding hydrogens is 462 g/mol. The molecule has 0 aliphatic rings. The topological polar surface area (TPSA) is 107 Å². The maximum atomic E-state index is 11.5. The number of fused-ring (bicyclic) bond motifs is 1. The van der Waals surface area contributed by atoms with Crippen LogP contribution < -0.4 is 14.4 Å². The monoisotopic (exact) mass is 479 g/mol. The van der Waals surface area contributed by atoms with Crippen LogP contribution in [0.15, 0.2) is 66.7 Å². The van der Waals surface area contributed by atoms with Gasteiger partial charge in [-0.05, 0) is 48.4 Å². The van der Waals surface area contributed by atoms with Gasteiger partial charge in [0.2, 0.25) is 5.95 Å². The molecule has 0 amide bonds. The summed E-state index contributed by atoms with van der Waals surface area (Å²) < 4.78 is 7.13. The highest BCUT2D eigenvalue weighted by atomic mass is 79.9. The van der Waals surface area contributed by atoms with Gasteiger partial charge in [-0.1, -0.05) is 30.3 Å². The van der Waals surface area contributed by atoms with Crippen LogP contribution in [-0.4, -0.2) is 21.5 Å². The summed E-state index contributed by atoms with van der Waals surface area (Å²) in [5.41, 5.74) is 8.83. The lowest BCUT2D eigenvalue weighted by molar-refractivity contribution is -0.385. The predicted molar refractivity (Wildman–Crippen MR) is 125 cm³/mol. The SMILES string of the molecule is CCOc1ccc(-c2ccc3nc(N)nc(N(Br)c4ccccc4)c3c2)cc1[N+](=O)[O-]. The number of nitrogen functional groups attached to an aromatic ring is 1. The summed E-state index contributed by atoms with van der Waals surface area (Å²) in [6.45, 7) is 2.13. The zero-order valence-corrected chi connectivity index (χ0v) is 18.1. The molecule has 4 rings (SSSR count). The largest absolute Gasteiger partial charge is 0.487 e. The van der Waals surface area contributed by atoms with Crippen LogP contribution in [0.4, 0.5) is 23.1 Å². The van der Waals surface area contributed by atoms with E-state index in [-0.39, 0.29) is 17.4 Å². The van der Waals surface area contributed by atoms with E-state index in [1.54, 1.807) is 23.0 Å². The third-order valence-corrected chi connectivity index (χ3v) is 5.40. The molecule has 0 fully saturated rings. The van der Waals surface area contributed by atoms with E-state index >= 15 is 0 Å². The van der Waals surface area contributed by atoms with Crippen molar-refractivity contribution >= 4 is 50.2 Å². The lowest BCUT2D eigenvalue weighted by Crippen LogP contribution is -2.07. The summed E-state index contributed by atoms with van der Waals surface area (Å²) in [6.07, 6.45) is 0. The number of ether oxygens (including phenoxy) is 1. The number of para-hydroxylation sites is 1. The number of anilines is 3. The molecule has 0 unspecified atom stereocenters. The molecule has 0 bridgehead atoms. The molecule has 8 nitrogen and oxygen atoms in total. The van der Waals surface area contributed by atoms with Gasteiger partial charge in [0.1, 0.15) is 0 Å². The van der Waals surface area contributed by atoms with E-state index < -0.39 is 4.92 Å². The van der Waals surface area contributed by atoms with E-state index in [0.29, 0.717) is 23.5 Å². The van der Waals surface area contributed by atoms with Gasteiger partial charge in [0.15, 0.2) is 11.6 Å². The highest BCUT2D eigenvalue weighted by molar-refractivity contribution is 9.10. The maximum Gasteiger partial charge on any atom is 0.311 e. The first kappa shape index (κ1) is 20.5. The summed E-state index contributed by atoms with van der Waals surface area (Å²) >= 11 is 3.57. The number of nitro groups is 1. The zero-order valence-electron chi connectivity index (χ0n) is 16.5. The number of hydrogen-bond donors (Lipinski definition) is 1. The molecule has 9 heteroatoms. The number of halogens is 1. The lowest BCUT2D eigenvalue weighted by atomic mass is 10.0. The van der Waals surface area contributed by atoms with Crippen LogP contribution in [0.25, 0.3) is 22.0 Å². The second kappa shape index (κ2) is 8.57. The molecule has 0 saturated carbocycles. The Labute approximate surface area is 186 Å². The third kappa shape index (κ3) is 4.13. The van der Waals surface area contributed by atoms with E-state index in [2.05, 4.69) is 26.1 Å². The van der Waals surface area contributed by atoms with Gasteiger partial charge in [-0.15, -0.1) is 0 Å². The third-order valence-electron chi connectivity index (χ3n) is 4.65. The second-order valence-electron chi connectivity index (χ2n) is 6.63. The first-order valence-corrected chi connectivity index (χ1v) is 10.2. The molecule has 0 radical (unpaired) electrons. The molecule has 1 aromatic heterocycles. The van der Waals surface area contributed by atoms with Crippen molar-refractivity contribution in [3.8, 4) is 16.9 Å². The summed E-state index contributed by atoms with van der Waals surface area (Å²) in [7, 11) is 0. The number of hydrogen-bond acceptors (Lipinski definition) is 7. The van der Waals surface area contributed by atoms with Crippen molar-refractivity contribution in [2.24, 2.45) is 0 Å². The van der Waals surface area contributed by atoms with Crippen LogP contribution in [0, 0.1) is 10.1 Å². The molecule has 31 heavy (non-hydrogen) atoms. The minimum atomic E-state index is -0.444. The molecule has 0 atom stereocenters. The number of rotatable bonds is 6. The van der Waals surface area contributed by atoms with Gasteiger partial charge in [0.05, 0.1) is 38.9 Å². The molecule has 0 saturated heterocycles. The Kier molecular flexibility index (Phi) is 5.68. The van der Waals surface area contributed by atoms with Crippen molar-refractivity contribution in [1.29, 1.82) is 0 Å². The van der Waals surface area contributed by atoms with Crippen LogP contribution in [-0.2, 0) is 0 Å². The van der Waals surface area contributed by atoms with E-state index in [1.165, 1.54) is 6.07 Å². The molecule has 1 heterocycles. The van der Waals surface area contributed by atoms with Crippen molar-refractivity contribution in [2.75, 3.05) is 16.3 Å². The standard InChI is InChI=1S/C22H18BrN5O3/c1-2-31-20-11-9-15(13-19(20)28(29)30)14-8-10-18-17(12-14)21(26-22(24)25-18)27(23)16-6-4-3-5-7-16/h3-13H,2H2,1H3,(H2,24,25,26). The van der Waals surface area contributed by atoms with Gasteiger partial charge < -0.3 is 10.5 Å². The van der Waals surface area contributed by atoms with Crippen LogP contribution in [0.5, 0.6) is 5.75 Å². The van der Waals surface area contributed by atoms with Gasteiger partial charge in [-0.25, -0.2) is 4.98 Å². The Bertz CT molecular complexity index is 1270. The van der Waals surface area contributed by atoms with E-state index in [4.69, 9.17) is 10.5 Å². The fourth-order valence-electron chi connectivity index (χ4n) is 3.26. The van der Waals surface area contributed by atoms with Crippen molar-refractivity contribution < 1.29 is 9.66 Å². The Balaban J connectivity index is 1.85. The normalized spacial score (nSPS) is 10.8. The smallest absolute Gasteiger partial charge is 0.311 e. The Morgan fingerprint density at radius 3 is 2.48 bits per heavy atom. The molecular formula is C22H18BrN5O3. The van der Waals surface area contributed by atoms with Crippen LogP contribution >= 0.6 is 16.1 Å². The summed E-state index contributed by atoms with van der Waals surface area (Å²) in [6, 6.07) is 20.1. The van der Waals surface area contributed by atoms with E-state index in [9.17, 15) is 10.1 Å². The molecule has 0 spiro atoms. The molecule has 4 aromatic rings. The number of benzene rings is 3. The number of aromatic nitrogens is 2. The Morgan fingerprint density at radius 1 is 1.06 bits per heavy atom. The van der Waals surface area contributed by atoms with Crippen molar-refractivity contribution in [3.63, 3.8) is 0 Å². The van der Waals surface area contributed by atoms with Crippen molar-refractivity contribution in [3.05, 3.63) is 76.8 Å². The fraction of sp³-hybridized carbons (Fsp3) is 0.0909. The van der Waals surface area contributed by atoms with Crippen molar-refractivity contribution in [1.82, 2.24) is 9.97 Å². The predicted octanol–water partition coefficient (Wildman–Crippen LogP) is 5.63. The van der Waals surface area contributed by atoms with Crippen molar-refractivity contribution in [2.45, 2.75) is 6.92 Å². The quantitative estimate of drug-likeness (QED) is 0.216.